The number of amides is 1. The Morgan fingerprint density at radius 3 is 2.64 bits per heavy atom. The van der Waals surface area contributed by atoms with Crippen LogP contribution in [0, 0.1) is 24.0 Å². The summed E-state index contributed by atoms with van der Waals surface area (Å²) in [5, 5.41) is 13.2. The molecule has 0 atom stereocenters. The number of H-pyrrole nitrogens is 2. The highest BCUT2D eigenvalue weighted by Gasteiger charge is 2.22. The molecule has 2 aromatic heterocycles. The van der Waals surface area contributed by atoms with Gasteiger partial charge in [0.2, 0.25) is 5.82 Å². The molecule has 3 N–H and O–H groups in total. The maximum Gasteiger partial charge on any atom is 0.374 e. The summed E-state index contributed by atoms with van der Waals surface area (Å²) in [5.41, 5.74) is 0.532. The lowest BCUT2D eigenvalue weighted by atomic mass is 10.2. The normalized spacial score (nSPS) is 10.3. The molecule has 0 aromatic carbocycles. The minimum absolute atomic E-state index is 0.0497. The van der Waals surface area contributed by atoms with E-state index in [2.05, 4.69) is 25.0 Å². The van der Waals surface area contributed by atoms with Crippen molar-refractivity contribution >= 4 is 23.4 Å². The van der Waals surface area contributed by atoms with Crippen molar-refractivity contribution < 1.29 is 19.2 Å². The molecule has 10 nitrogen and oxygen atoms in total. The van der Waals surface area contributed by atoms with Crippen LogP contribution in [0.3, 0.4) is 0 Å². The molecule has 116 valence electrons. The molecule has 1 amide bonds. The molecule has 0 fully saturated rings. The van der Waals surface area contributed by atoms with Gasteiger partial charge in [0.15, 0.2) is 5.82 Å². The molecule has 0 bridgehead atoms. The molecule has 2 aromatic rings. The summed E-state index contributed by atoms with van der Waals surface area (Å²) in [4.78, 5) is 42.8. The molecule has 0 radical (unpaired) electrons. The predicted octanol–water partition coefficient (Wildman–Crippen LogP) is 1.30. The molecule has 2 heterocycles. The van der Waals surface area contributed by atoms with Crippen molar-refractivity contribution in [2.24, 2.45) is 0 Å². The Kier molecular flexibility index (Phi) is 3.93. The Hall–Kier alpha value is -3.17. The number of methoxy groups -OCH3 is 1. The third-order valence-electron chi connectivity index (χ3n) is 3.03. The Morgan fingerprint density at radius 1 is 1.41 bits per heavy atom. The van der Waals surface area contributed by atoms with Crippen LogP contribution < -0.4 is 5.32 Å². The Balaban J connectivity index is 2.24. The van der Waals surface area contributed by atoms with Crippen LogP contribution in [0.1, 0.15) is 32.4 Å². The Bertz CT molecular complexity index is 760. The number of aryl methyl sites for hydroxylation is 1. The van der Waals surface area contributed by atoms with Gasteiger partial charge in [0, 0.05) is 0 Å². The topological polar surface area (TPSA) is 143 Å². The van der Waals surface area contributed by atoms with Crippen LogP contribution in [0.5, 0.6) is 0 Å². The number of imidazole rings is 1. The highest BCUT2D eigenvalue weighted by molar-refractivity contribution is 6.04. The first-order chi connectivity index (χ1) is 10.3. The zero-order valence-corrected chi connectivity index (χ0v) is 12.0. The molecule has 0 saturated carbocycles. The maximum atomic E-state index is 12.1. The van der Waals surface area contributed by atoms with Gasteiger partial charge in [-0.05, 0) is 13.8 Å². The fourth-order valence-corrected chi connectivity index (χ4v) is 1.86. The van der Waals surface area contributed by atoms with Crippen LogP contribution in [0.15, 0.2) is 6.20 Å². The number of nitro groups is 1. The molecule has 0 unspecified atom stereocenters. The van der Waals surface area contributed by atoms with Crippen LogP contribution in [0.4, 0.5) is 11.5 Å². The zero-order valence-electron chi connectivity index (χ0n) is 12.0. The summed E-state index contributed by atoms with van der Waals surface area (Å²) >= 11 is 0. The van der Waals surface area contributed by atoms with Crippen molar-refractivity contribution in [3.63, 3.8) is 0 Å². The number of ether oxygens (including phenoxy) is 1. The molecule has 0 spiro atoms. The lowest BCUT2D eigenvalue weighted by Gasteiger charge is -2.02. The largest absolute Gasteiger partial charge is 0.463 e. The number of hydrogen-bond donors (Lipinski definition) is 3. The van der Waals surface area contributed by atoms with E-state index in [0.717, 1.165) is 6.20 Å². The second-order valence-corrected chi connectivity index (χ2v) is 4.44. The van der Waals surface area contributed by atoms with E-state index in [1.807, 2.05) is 0 Å². The highest BCUT2D eigenvalue weighted by atomic mass is 16.6. The van der Waals surface area contributed by atoms with E-state index in [1.54, 1.807) is 6.92 Å². The van der Waals surface area contributed by atoms with Crippen LogP contribution in [-0.2, 0) is 4.74 Å². The van der Waals surface area contributed by atoms with Crippen molar-refractivity contribution in [2.45, 2.75) is 13.8 Å². The molecule has 0 aliphatic heterocycles. The van der Waals surface area contributed by atoms with Gasteiger partial charge in [0.25, 0.3) is 11.6 Å². The monoisotopic (exact) mass is 307 g/mol. The van der Waals surface area contributed by atoms with E-state index >= 15 is 0 Å². The number of aromatic nitrogens is 3. The van der Waals surface area contributed by atoms with E-state index in [9.17, 15) is 19.7 Å². The molecule has 0 saturated heterocycles. The zero-order chi connectivity index (χ0) is 16.4. The molecule has 2 rings (SSSR count). The van der Waals surface area contributed by atoms with E-state index in [1.165, 1.54) is 14.0 Å². The second-order valence-electron chi connectivity index (χ2n) is 4.44. The quantitative estimate of drug-likeness (QED) is 0.441. The first-order valence-corrected chi connectivity index (χ1v) is 6.13. The predicted molar refractivity (Wildman–Crippen MR) is 74.8 cm³/mol. The summed E-state index contributed by atoms with van der Waals surface area (Å²) < 4.78 is 4.52. The molecule has 10 heteroatoms. The third-order valence-corrected chi connectivity index (χ3v) is 3.03. The summed E-state index contributed by atoms with van der Waals surface area (Å²) in [5.74, 6) is -1.18. The number of esters is 1. The van der Waals surface area contributed by atoms with Crippen molar-refractivity contribution in [2.75, 3.05) is 12.4 Å². The van der Waals surface area contributed by atoms with E-state index < -0.39 is 16.8 Å². The molecule has 22 heavy (non-hydrogen) atoms. The van der Waals surface area contributed by atoms with E-state index in [4.69, 9.17) is 0 Å². The number of aromatic amines is 2. The standard InChI is InChI=1S/C12H13N5O5/c1-5-7(17(20)21)4-13-8(5)11(18)16-9-6(2)14-10(15-9)12(19)22-3/h4,13H,1-3H3,(H,14,15)(H,16,18). The van der Waals surface area contributed by atoms with Gasteiger partial charge in [-0.25, -0.2) is 9.78 Å². The average Bonchev–Trinajstić information content (AvgIpc) is 3.02. The number of carbonyl (C=O) groups is 2. The molecule has 0 aliphatic rings. The lowest BCUT2D eigenvalue weighted by molar-refractivity contribution is -0.385. The SMILES string of the molecule is COC(=O)c1nc(NC(=O)c2[nH]cc([N+](=O)[O-])c2C)c(C)[nH]1. The number of hydrogen-bond acceptors (Lipinski definition) is 6. The number of nitrogens with one attached hydrogen (secondary N) is 3. The van der Waals surface area contributed by atoms with E-state index in [0.29, 0.717) is 5.69 Å². The summed E-state index contributed by atoms with van der Waals surface area (Å²) in [6.07, 6.45) is 1.14. The van der Waals surface area contributed by atoms with Gasteiger partial charge >= 0.3 is 5.97 Å². The van der Waals surface area contributed by atoms with Crippen molar-refractivity contribution in [3.8, 4) is 0 Å². The number of nitrogens with zero attached hydrogens (tertiary/aromatic N) is 2. The molecular formula is C12H13N5O5. The Morgan fingerprint density at radius 2 is 2.09 bits per heavy atom. The van der Waals surface area contributed by atoms with Gasteiger partial charge in [-0.3, -0.25) is 14.9 Å². The second kappa shape index (κ2) is 5.68. The van der Waals surface area contributed by atoms with Crippen LogP contribution in [-0.4, -0.2) is 38.9 Å². The maximum absolute atomic E-state index is 12.1. The fourth-order valence-electron chi connectivity index (χ4n) is 1.86. The average molecular weight is 307 g/mol. The van der Waals surface area contributed by atoms with Crippen molar-refractivity contribution in [3.05, 3.63) is 39.1 Å². The fraction of sp³-hybridized carbons (Fsp3) is 0.250. The van der Waals surface area contributed by atoms with Crippen LogP contribution in [0.2, 0.25) is 0 Å². The van der Waals surface area contributed by atoms with Crippen LogP contribution >= 0.6 is 0 Å². The van der Waals surface area contributed by atoms with Gasteiger partial charge < -0.3 is 20.0 Å². The van der Waals surface area contributed by atoms with Crippen molar-refractivity contribution in [1.29, 1.82) is 0 Å². The van der Waals surface area contributed by atoms with Gasteiger partial charge in [0.1, 0.15) is 5.69 Å². The number of anilines is 1. The summed E-state index contributed by atoms with van der Waals surface area (Å²) in [6.45, 7) is 3.07. The summed E-state index contributed by atoms with van der Waals surface area (Å²) in [6, 6.07) is 0. The smallest absolute Gasteiger partial charge is 0.374 e. The van der Waals surface area contributed by atoms with Crippen LogP contribution in [0.25, 0.3) is 0 Å². The Labute approximate surface area is 124 Å². The van der Waals surface area contributed by atoms with Gasteiger partial charge in [-0.2, -0.15) is 0 Å². The molecular weight excluding hydrogens is 294 g/mol. The minimum atomic E-state index is -0.671. The van der Waals surface area contributed by atoms with Crippen molar-refractivity contribution in [1.82, 2.24) is 15.0 Å². The highest BCUT2D eigenvalue weighted by Crippen LogP contribution is 2.22. The molecule has 0 aliphatic carbocycles. The third kappa shape index (κ3) is 2.66. The van der Waals surface area contributed by atoms with Gasteiger partial charge in [-0.15, -0.1) is 0 Å². The minimum Gasteiger partial charge on any atom is -0.463 e. The van der Waals surface area contributed by atoms with Gasteiger partial charge in [-0.1, -0.05) is 0 Å². The lowest BCUT2D eigenvalue weighted by Crippen LogP contribution is -2.15. The number of carbonyl (C=O) groups excluding carboxylic acids is 2. The summed E-state index contributed by atoms with van der Waals surface area (Å²) in [7, 11) is 1.21. The number of rotatable bonds is 4. The first-order valence-electron chi connectivity index (χ1n) is 6.13. The first kappa shape index (κ1) is 15.2. The van der Waals surface area contributed by atoms with Gasteiger partial charge in [0.05, 0.1) is 29.5 Å². The van der Waals surface area contributed by atoms with E-state index in [-0.39, 0.29) is 28.6 Å².